The van der Waals surface area contributed by atoms with Crippen LogP contribution in [0, 0.1) is 32.9 Å². The van der Waals surface area contributed by atoms with Gasteiger partial charge >= 0.3 is 0 Å². The number of hydrogen-bond acceptors (Lipinski definition) is 4. The van der Waals surface area contributed by atoms with Crippen LogP contribution in [0.4, 0.5) is 28.4 Å². The van der Waals surface area contributed by atoms with Gasteiger partial charge in [0.05, 0.1) is 70.9 Å². The van der Waals surface area contributed by atoms with Gasteiger partial charge in [-0.3, -0.25) is 0 Å². The molecule has 0 N–H and O–H groups in total. The monoisotopic (exact) mass is 1580 g/mol. The summed E-state index contributed by atoms with van der Waals surface area (Å²) in [5.74, 6) is 0. The van der Waals surface area contributed by atoms with E-state index in [0.29, 0.717) is 34.2 Å². The molecule has 19 heteroatoms. The molecule has 0 spiro atoms. The van der Waals surface area contributed by atoms with Crippen molar-refractivity contribution in [3.05, 3.63) is 407 Å². The molecule has 0 bridgehead atoms. The zero-order valence-corrected chi connectivity index (χ0v) is 65.5. The molecule has 0 fully saturated rings. The quantitative estimate of drug-likeness (QED) is 0.126. The molecule has 123 heavy (non-hydrogen) atoms. The fourth-order valence-corrected chi connectivity index (χ4v) is 18.9. The molecule has 0 aliphatic carbocycles. The van der Waals surface area contributed by atoms with E-state index >= 15 is 0 Å². The lowest BCUT2D eigenvalue weighted by Gasteiger charge is -2.07. The lowest BCUT2D eigenvalue weighted by atomic mass is 10.0. The molecule has 572 valence electrons. The number of aromatic nitrogens is 11. The molecule has 23 aromatic rings. The number of pyridine rings is 1. The Bertz CT molecular complexity index is 8550. The van der Waals surface area contributed by atoms with E-state index in [4.69, 9.17) is 46.1 Å². The molecule has 0 saturated carbocycles. The summed E-state index contributed by atoms with van der Waals surface area (Å²) in [5.41, 5.74) is 30.7. The molecule has 9 aromatic heterocycles. The Morgan fingerprint density at radius 1 is 0.268 bits per heavy atom. The molecule has 5 aliphatic heterocycles. The van der Waals surface area contributed by atoms with Crippen LogP contribution in [-0.2, 0) is 32.7 Å². The molecule has 0 radical (unpaired) electrons. The summed E-state index contributed by atoms with van der Waals surface area (Å²) in [5, 5.41) is 12.4. The molecule has 28 rings (SSSR count). The summed E-state index contributed by atoms with van der Waals surface area (Å²) >= 11 is 0. The third-order valence-corrected chi connectivity index (χ3v) is 24.4. The molecule has 0 unspecified atom stereocenters. The Kier molecular flexibility index (Phi) is 15.5. The van der Waals surface area contributed by atoms with Crippen LogP contribution in [0.3, 0.4) is 0 Å². The van der Waals surface area contributed by atoms with Gasteiger partial charge in [-0.25, -0.2) is 29.2 Å². The first kappa shape index (κ1) is 69.7. The maximum absolute atomic E-state index is 7.31. The van der Waals surface area contributed by atoms with Crippen molar-refractivity contribution in [3.8, 4) is 50.7 Å². The fourth-order valence-electron chi connectivity index (χ4n) is 18.9. The first-order valence-corrected chi connectivity index (χ1v) is 40.3. The summed E-state index contributed by atoms with van der Waals surface area (Å²) in [4.78, 5) is 22.2. The first-order chi connectivity index (χ1) is 60.7. The Morgan fingerprint density at radius 3 is 1.21 bits per heavy atom. The van der Waals surface area contributed by atoms with E-state index < -0.39 is 0 Å². The number of hydrogen-bond donors (Lipinski definition) is 0. The van der Waals surface area contributed by atoms with Gasteiger partial charge in [-0.05, 0) is 114 Å². The average Bonchev–Trinajstić information content (AvgIpc) is 1.58. The highest BCUT2D eigenvalue weighted by molar-refractivity contribution is 6.10. The predicted molar refractivity (Wildman–Crippen MR) is 475 cm³/mol. The third-order valence-electron chi connectivity index (χ3n) is 24.4. The molecule has 0 atom stereocenters. The molecular formula is C104H63N16O3+5. The van der Waals surface area contributed by atoms with Crippen LogP contribution in [0.5, 0.6) is 0 Å². The van der Waals surface area contributed by atoms with E-state index in [-0.39, 0.29) is 0 Å². The van der Waals surface area contributed by atoms with Crippen LogP contribution in [0.15, 0.2) is 336 Å². The number of furan rings is 3. The molecule has 19 nitrogen and oxygen atoms in total. The van der Waals surface area contributed by atoms with Gasteiger partial charge < -0.3 is 13.3 Å². The van der Waals surface area contributed by atoms with Crippen LogP contribution in [-0.4, -0.2) is 28.4 Å². The van der Waals surface area contributed by atoms with Gasteiger partial charge in [-0.2, -0.15) is 0 Å². The number of benzene rings is 14. The molecule has 5 aliphatic rings. The Hall–Kier alpha value is -17.6. The fraction of sp³-hybridized carbons (Fsp3) is 0.0481. The van der Waals surface area contributed by atoms with Crippen molar-refractivity contribution in [1.29, 1.82) is 0 Å². The minimum absolute atomic E-state index is 0.640. The zero-order valence-electron chi connectivity index (χ0n) is 65.5. The predicted octanol–water partition coefficient (Wildman–Crippen LogP) is 22.6. The summed E-state index contributed by atoms with van der Waals surface area (Å²) in [6, 6.07) is 96.5. The zero-order chi connectivity index (χ0) is 81.8. The SMILES string of the molecule is [C-]#[N+]c1ccc2c[n+]3n(c2c1)-c1c(ccc2c1oc1ccccc12)C3.[C-]#[N+]c1ccc2c[n+]3n(c2c1)-c1c(ccc2c1oc1ncccc12)C3.[C-]#[N+]c1ccc2c[n+]3n(c2c1)-c1c(cccc1-c1ccccc1)C3.[C-]#[N+]c1ccc2c[n+]3n(c2c1)-c1cc2oc4ccccc4c2cc1C3.[C-]#[N+]c1ccc2c[n+]3n(c2c1)-c1ccc(-c2ccccc2)cc1C3. The third kappa shape index (κ3) is 11.0. The minimum atomic E-state index is 0.640. The summed E-state index contributed by atoms with van der Waals surface area (Å²) in [6.07, 6.45) is 12.5. The molecule has 14 heterocycles. The van der Waals surface area contributed by atoms with Crippen LogP contribution in [0.1, 0.15) is 27.8 Å². The van der Waals surface area contributed by atoms with Gasteiger partial charge in [0.25, 0.3) is 0 Å². The summed E-state index contributed by atoms with van der Waals surface area (Å²) in [7, 11) is 0. The van der Waals surface area contributed by atoms with Crippen molar-refractivity contribution in [1.82, 2.24) is 28.4 Å². The van der Waals surface area contributed by atoms with E-state index in [0.717, 1.165) is 159 Å². The van der Waals surface area contributed by atoms with E-state index in [1.807, 2.05) is 152 Å². The summed E-state index contributed by atoms with van der Waals surface area (Å²) < 4.78 is 40.4. The van der Waals surface area contributed by atoms with Gasteiger partial charge in [0.2, 0.25) is 36.7 Å². The lowest BCUT2D eigenvalue weighted by molar-refractivity contribution is -0.749. The van der Waals surface area contributed by atoms with Crippen molar-refractivity contribution in [2.24, 2.45) is 0 Å². The van der Waals surface area contributed by atoms with E-state index in [9.17, 15) is 0 Å². The maximum Gasteiger partial charge on any atom is 0.227 e. The van der Waals surface area contributed by atoms with Crippen LogP contribution in [0.2, 0.25) is 0 Å². The highest BCUT2D eigenvalue weighted by Gasteiger charge is 2.37. The number of fused-ring (bicyclic) bond motifs is 36. The van der Waals surface area contributed by atoms with Crippen molar-refractivity contribution >= 4 is 149 Å². The number of para-hydroxylation sites is 3. The molecule has 0 amide bonds. The van der Waals surface area contributed by atoms with Gasteiger partial charge in [0.15, 0.2) is 83.7 Å². The lowest BCUT2D eigenvalue weighted by Crippen LogP contribution is -2.36. The van der Waals surface area contributed by atoms with Crippen LogP contribution >= 0.6 is 0 Å². The molecular weight excluding hydrogens is 1520 g/mol. The van der Waals surface area contributed by atoms with Gasteiger partial charge in [-0.1, -0.05) is 182 Å². The normalized spacial score (nSPS) is 12.3. The van der Waals surface area contributed by atoms with Gasteiger partial charge in [0.1, 0.15) is 61.4 Å². The van der Waals surface area contributed by atoms with Crippen LogP contribution in [0.25, 0.3) is 195 Å². The number of nitrogens with zero attached hydrogens (tertiary/aromatic N) is 16. The maximum atomic E-state index is 7.31. The second-order valence-electron chi connectivity index (χ2n) is 31.4. The first-order valence-electron chi connectivity index (χ1n) is 40.3. The number of rotatable bonds is 2. The Labute approximate surface area is 700 Å². The second-order valence-corrected chi connectivity index (χ2v) is 31.4. The van der Waals surface area contributed by atoms with Gasteiger partial charge in [-0.15, -0.1) is 46.8 Å². The largest absolute Gasteiger partial charge is 0.456 e. The molecule has 14 aromatic carbocycles. The van der Waals surface area contributed by atoms with E-state index in [1.54, 1.807) is 6.20 Å². The smallest absolute Gasteiger partial charge is 0.227 e. The Morgan fingerprint density at radius 2 is 0.683 bits per heavy atom. The molecule has 0 saturated heterocycles. The van der Waals surface area contributed by atoms with E-state index in [1.165, 1.54) is 66.8 Å². The van der Waals surface area contributed by atoms with E-state index in [2.05, 4.69) is 240 Å². The minimum Gasteiger partial charge on any atom is -0.456 e. The Balaban J connectivity index is 0.0000000867. The van der Waals surface area contributed by atoms with Crippen molar-refractivity contribution in [2.75, 3.05) is 0 Å². The van der Waals surface area contributed by atoms with Crippen molar-refractivity contribution in [2.45, 2.75) is 32.7 Å². The standard InChI is InChI=1S/2C21H12N3O.2C21H14N3.C20H11N4O/c1-22-15-8-6-13-11-23-12-14-7-9-17-16-4-2-3-5-19(16)25-21(17)20(14)24(23)18(13)10-15;1-22-15-7-6-13-11-23-12-14-8-17-16-4-2-3-5-20(16)25-21(17)10-19(14)24(23)18(13)9-15;1-22-18-11-10-16-13-23-14-17-8-5-9-19(15-6-3-2-4-7-15)21(17)24(23)20(16)12-18;1-22-19-9-7-17-13-23-14-18-11-16(15-5-3-2-4-6-15)8-10-20(18)24(23)21(17)12-19;1-21-14-6-4-12-10-23-11-13-5-7-15-16-3-2-8-22-20(16)25-19(15)18(13)24(23)17(12)9-14/h2*2-11H,12H2;2*2-13H,14H2;2-10H,11H2/q5*+1. The van der Waals surface area contributed by atoms with Crippen molar-refractivity contribution in [3.63, 3.8) is 0 Å². The van der Waals surface area contributed by atoms with Crippen LogP contribution < -0.4 is 23.4 Å². The van der Waals surface area contributed by atoms with Gasteiger partial charge in [0, 0.05) is 66.8 Å². The second kappa shape index (κ2) is 27.3. The topological polar surface area (TPSA) is 118 Å². The highest BCUT2D eigenvalue weighted by Crippen LogP contribution is 2.43. The highest BCUT2D eigenvalue weighted by atomic mass is 16.3. The summed E-state index contributed by atoms with van der Waals surface area (Å²) in [6.45, 7) is 40.6. The average molecular weight is 1580 g/mol. The van der Waals surface area contributed by atoms with Crippen molar-refractivity contribution < 1.29 is 36.7 Å².